The molecule has 6 heteroatoms. The van der Waals surface area contributed by atoms with E-state index in [0.29, 0.717) is 16.1 Å². The Hall–Kier alpha value is -1.91. The molecule has 0 saturated carbocycles. The van der Waals surface area contributed by atoms with Gasteiger partial charge < -0.3 is 10.6 Å². The molecule has 3 rings (SSSR count). The molecule has 0 aliphatic carbocycles. The minimum atomic E-state index is 0.177. The number of nitrogens with zero attached hydrogens (tertiary/aromatic N) is 2. The summed E-state index contributed by atoms with van der Waals surface area (Å²) in [4.78, 5) is 4.91. The molecule has 2 atom stereocenters. The van der Waals surface area contributed by atoms with Gasteiger partial charge in [-0.15, -0.1) is 0 Å². The summed E-state index contributed by atoms with van der Waals surface area (Å²) < 4.78 is 0. The van der Waals surface area contributed by atoms with Crippen LogP contribution in [0, 0.1) is 0 Å². The van der Waals surface area contributed by atoms with Crippen molar-refractivity contribution in [1.82, 2.24) is 4.90 Å². The van der Waals surface area contributed by atoms with Crippen LogP contribution in [-0.4, -0.2) is 30.6 Å². The molecule has 2 unspecified atom stereocenters. The third-order valence-corrected chi connectivity index (χ3v) is 6.79. The second kappa shape index (κ2) is 11.8. The third kappa shape index (κ3) is 6.11. The fourth-order valence-corrected chi connectivity index (χ4v) is 5.09. The van der Waals surface area contributed by atoms with E-state index in [9.17, 15) is 0 Å². The fourth-order valence-electron chi connectivity index (χ4n) is 4.45. The Balaban J connectivity index is 1.91. The molecular formula is C26H30Cl3N3. The Morgan fingerprint density at radius 2 is 1.88 bits per heavy atom. The summed E-state index contributed by atoms with van der Waals surface area (Å²) in [6, 6.07) is 14.5. The summed E-state index contributed by atoms with van der Waals surface area (Å²) >= 11 is 18.9. The summed E-state index contributed by atoms with van der Waals surface area (Å²) in [5, 5.41) is 2.05. The molecule has 2 aromatic carbocycles. The topological polar surface area (TPSA) is 32.5 Å². The standard InChI is InChI=1S/C26H30Cl3N3/c1-3-5-19(12-14-30)18-31(4-2)23-13-15-32(25-11-10-22(28)16-24(25)29)26(17-23)20-6-8-21(27)9-7-20/h3,5-12,14,16,23,26H,1,4,13,15,17-18,30H2,2H3/b14-12-,19-5+. The van der Waals surface area contributed by atoms with Gasteiger partial charge >= 0.3 is 0 Å². The molecule has 2 N–H and O–H groups in total. The molecule has 0 spiro atoms. The Bertz CT molecular complexity index is 969. The Labute approximate surface area is 206 Å². The minimum Gasteiger partial charge on any atom is -0.405 e. The molecule has 3 nitrogen and oxygen atoms in total. The Morgan fingerprint density at radius 1 is 1.16 bits per heavy atom. The number of benzene rings is 2. The zero-order valence-corrected chi connectivity index (χ0v) is 20.6. The van der Waals surface area contributed by atoms with Crippen LogP contribution in [0.5, 0.6) is 0 Å². The largest absolute Gasteiger partial charge is 0.405 e. The minimum absolute atomic E-state index is 0.177. The maximum Gasteiger partial charge on any atom is 0.0654 e. The van der Waals surface area contributed by atoms with Crippen molar-refractivity contribution in [2.45, 2.75) is 31.8 Å². The summed E-state index contributed by atoms with van der Waals surface area (Å²) in [6.07, 6.45) is 9.37. The van der Waals surface area contributed by atoms with Crippen LogP contribution in [-0.2, 0) is 0 Å². The van der Waals surface area contributed by atoms with Gasteiger partial charge in [0, 0.05) is 29.2 Å². The highest BCUT2D eigenvalue weighted by atomic mass is 35.5. The number of hydrogen-bond acceptors (Lipinski definition) is 3. The third-order valence-electron chi connectivity index (χ3n) is 6.00. The first kappa shape index (κ1) is 24.7. The van der Waals surface area contributed by atoms with Crippen LogP contribution >= 0.6 is 34.8 Å². The number of rotatable bonds is 8. The second-order valence-electron chi connectivity index (χ2n) is 7.93. The number of halogens is 3. The van der Waals surface area contributed by atoms with Crippen molar-refractivity contribution in [2.24, 2.45) is 5.73 Å². The van der Waals surface area contributed by atoms with Gasteiger partial charge in [-0.2, -0.15) is 0 Å². The van der Waals surface area contributed by atoms with Crippen LogP contribution in [0.2, 0.25) is 15.1 Å². The number of likely N-dealkylation sites (N-methyl/N-ethyl adjacent to an activating group) is 1. The lowest BCUT2D eigenvalue weighted by Crippen LogP contribution is -2.47. The van der Waals surface area contributed by atoms with Gasteiger partial charge in [0.05, 0.1) is 16.8 Å². The first-order chi connectivity index (χ1) is 15.5. The van der Waals surface area contributed by atoms with Crippen molar-refractivity contribution < 1.29 is 0 Å². The predicted molar refractivity (Wildman–Crippen MR) is 140 cm³/mol. The van der Waals surface area contributed by atoms with Gasteiger partial charge in [0.25, 0.3) is 0 Å². The second-order valence-corrected chi connectivity index (χ2v) is 9.21. The fraction of sp³-hybridized carbons (Fsp3) is 0.308. The van der Waals surface area contributed by atoms with E-state index in [-0.39, 0.29) is 6.04 Å². The lowest BCUT2D eigenvalue weighted by Gasteiger charge is -2.45. The monoisotopic (exact) mass is 489 g/mol. The lowest BCUT2D eigenvalue weighted by atomic mass is 9.90. The van der Waals surface area contributed by atoms with Crippen LogP contribution in [0.3, 0.4) is 0 Å². The zero-order chi connectivity index (χ0) is 23.1. The molecule has 32 heavy (non-hydrogen) atoms. The van der Waals surface area contributed by atoms with E-state index < -0.39 is 0 Å². The van der Waals surface area contributed by atoms with Crippen LogP contribution in [0.25, 0.3) is 0 Å². The van der Waals surface area contributed by atoms with Gasteiger partial charge in [0.15, 0.2) is 0 Å². The summed E-state index contributed by atoms with van der Waals surface area (Å²) in [6.45, 7) is 8.71. The van der Waals surface area contributed by atoms with Crippen molar-refractivity contribution >= 4 is 40.5 Å². The molecule has 1 aliphatic heterocycles. The van der Waals surface area contributed by atoms with Gasteiger partial charge in [0.1, 0.15) is 0 Å². The maximum atomic E-state index is 6.61. The number of hydrogen-bond donors (Lipinski definition) is 1. The molecule has 2 aromatic rings. The van der Waals surface area contributed by atoms with Crippen LogP contribution in [0.15, 0.2) is 79.0 Å². The molecule has 0 radical (unpaired) electrons. The lowest BCUT2D eigenvalue weighted by molar-refractivity contribution is 0.175. The smallest absolute Gasteiger partial charge is 0.0654 e. The van der Waals surface area contributed by atoms with E-state index in [1.165, 1.54) is 5.56 Å². The highest BCUT2D eigenvalue weighted by molar-refractivity contribution is 6.36. The number of anilines is 1. The molecule has 170 valence electrons. The number of piperidine rings is 1. The average Bonchev–Trinajstić information content (AvgIpc) is 2.78. The highest BCUT2D eigenvalue weighted by Gasteiger charge is 2.33. The van der Waals surface area contributed by atoms with Gasteiger partial charge in [-0.3, -0.25) is 4.90 Å². The summed E-state index contributed by atoms with van der Waals surface area (Å²) in [7, 11) is 0. The van der Waals surface area contributed by atoms with Crippen LogP contribution < -0.4 is 10.6 Å². The van der Waals surface area contributed by atoms with E-state index in [2.05, 4.69) is 35.4 Å². The summed E-state index contributed by atoms with van der Waals surface area (Å²) in [5.41, 5.74) is 9.04. The van der Waals surface area contributed by atoms with Gasteiger partial charge in [-0.25, -0.2) is 0 Å². The van der Waals surface area contributed by atoms with Crippen molar-refractivity contribution in [2.75, 3.05) is 24.5 Å². The molecule has 0 amide bonds. The quantitative estimate of drug-likeness (QED) is 0.395. The molecule has 1 aliphatic rings. The van der Waals surface area contributed by atoms with E-state index in [1.54, 1.807) is 6.20 Å². The van der Waals surface area contributed by atoms with Crippen LogP contribution in [0.1, 0.15) is 31.4 Å². The van der Waals surface area contributed by atoms with Crippen molar-refractivity contribution in [3.63, 3.8) is 0 Å². The van der Waals surface area contributed by atoms with E-state index in [1.807, 2.05) is 48.6 Å². The van der Waals surface area contributed by atoms with E-state index >= 15 is 0 Å². The molecule has 0 bridgehead atoms. The van der Waals surface area contributed by atoms with E-state index in [0.717, 1.165) is 48.8 Å². The molecule has 1 heterocycles. The first-order valence-corrected chi connectivity index (χ1v) is 12.0. The van der Waals surface area contributed by atoms with Crippen LogP contribution in [0.4, 0.5) is 5.69 Å². The van der Waals surface area contributed by atoms with Gasteiger partial charge in [0.2, 0.25) is 0 Å². The molecule has 0 aromatic heterocycles. The average molecular weight is 491 g/mol. The number of nitrogens with two attached hydrogens (primary N) is 1. The normalized spacial score (nSPS) is 19.7. The molecule has 1 saturated heterocycles. The van der Waals surface area contributed by atoms with E-state index in [4.69, 9.17) is 40.5 Å². The predicted octanol–water partition coefficient (Wildman–Crippen LogP) is 7.26. The highest BCUT2D eigenvalue weighted by Crippen LogP contribution is 2.40. The zero-order valence-electron chi connectivity index (χ0n) is 18.4. The van der Waals surface area contributed by atoms with Gasteiger partial charge in [-0.05, 0) is 73.1 Å². The van der Waals surface area contributed by atoms with Crippen molar-refractivity contribution in [1.29, 1.82) is 0 Å². The first-order valence-electron chi connectivity index (χ1n) is 10.9. The van der Waals surface area contributed by atoms with Gasteiger partial charge in [-0.1, -0.05) is 72.6 Å². The SMILES string of the molecule is C=C/C=C(\C=C/N)CN(CC)C1CCN(c2ccc(Cl)cc2Cl)C(c2ccc(Cl)cc2)C1. The Morgan fingerprint density at radius 3 is 2.50 bits per heavy atom. The van der Waals surface area contributed by atoms with Crippen molar-refractivity contribution in [3.8, 4) is 0 Å². The molecule has 1 fully saturated rings. The Kier molecular flexibility index (Phi) is 9.12. The summed E-state index contributed by atoms with van der Waals surface area (Å²) in [5.74, 6) is 0. The van der Waals surface area contributed by atoms with Crippen molar-refractivity contribution in [3.05, 3.63) is 99.7 Å². The molecular weight excluding hydrogens is 461 g/mol. The number of allylic oxidation sites excluding steroid dienone is 2. The maximum absolute atomic E-state index is 6.61.